The topological polar surface area (TPSA) is 56.8 Å². The predicted octanol–water partition coefficient (Wildman–Crippen LogP) is 2.35. The molecule has 1 aliphatic carbocycles. The maximum atomic E-state index is 12.1. The van der Waals surface area contributed by atoms with Crippen molar-refractivity contribution in [2.75, 3.05) is 26.8 Å². The van der Waals surface area contributed by atoms with Gasteiger partial charge >= 0.3 is 5.97 Å². The summed E-state index contributed by atoms with van der Waals surface area (Å²) in [5, 5.41) is 3.28. The molecule has 1 saturated carbocycles. The monoisotopic (exact) mass is 331 g/mol. The number of esters is 1. The van der Waals surface area contributed by atoms with Crippen LogP contribution < -0.4 is 14.8 Å². The van der Waals surface area contributed by atoms with Crippen molar-refractivity contribution in [3.8, 4) is 11.5 Å². The SMILES string of the molecule is COC(=O)[C@@H](C)[C@H](c1ccc2c(c1)OC(C1CNC1)CO2)C1CC1. The fraction of sp³-hybridized carbons (Fsp3) is 0.632. The molecule has 5 heteroatoms. The molecule has 3 aliphatic rings. The van der Waals surface area contributed by atoms with Gasteiger partial charge in [-0.1, -0.05) is 13.0 Å². The fourth-order valence-corrected chi connectivity index (χ4v) is 3.88. The van der Waals surface area contributed by atoms with Crippen LogP contribution in [0.25, 0.3) is 0 Å². The molecule has 4 rings (SSSR count). The molecule has 1 saturated heterocycles. The van der Waals surface area contributed by atoms with Crippen LogP contribution in [0.1, 0.15) is 31.2 Å². The van der Waals surface area contributed by atoms with Gasteiger partial charge in [-0.15, -0.1) is 0 Å². The van der Waals surface area contributed by atoms with E-state index in [1.54, 1.807) is 0 Å². The summed E-state index contributed by atoms with van der Waals surface area (Å²) in [4.78, 5) is 12.1. The largest absolute Gasteiger partial charge is 0.486 e. The number of methoxy groups -OCH3 is 1. The molecule has 2 heterocycles. The van der Waals surface area contributed by atoms with Crippen molar-refractivity contribution in [2.24, 2.45) is 17.8 Å². The van der Waals surface area contributed by atoms with Crippen molar-refractivity contribution in [3.05, 3.63) is 23.8 Å². The summed E-state index contributed by atoms with van der Waals surface area (Å²) in [5.74, 6) is 2.62. The van der Waals surface area contributed by atoms with Crippen LogP contribution >= 0.6 is 0 Å². The number of ether oxygens (including phenoxy) is 3. The molecule has 1 N–H and O–H groups in total. The summed E-state index contributed by atoms with van der Waals surface area (Å²) in [5.41, 5.74) is 1.16. The van der Waals surface area contributed by atoms with Gasteiger partial charge in [0.15, 0.2) is 11.5 Å². The molecule has 0 bridgehead atoms. The zero-order valence-electron chi connectivity index (χ0n) is 14.3. The summed E-state index contributed by atoms with van der Waals surface area (Å²) < 4.78 is 17.1. The average molecular weight is 331 g/mol. The molecule has 3 atom stereocenters. The van der Waals surface area contributed by atoms with E-state index in [4.69, 9.17) is 14.2 Å². The Kier molecular flexibility index (Phi) is 4.12. The van der Waals surface area contributed by atoms with Crippen molar-refractivity contribution in [1.29, 1.82) is 0 Å². The van der Waals surface area contributed by atoms with Crippen LogP contribution in [-0.2, 0) is 9.53 Å². The van der Waals surface area contributed by atoms with Crippen LogP contribution in [0.4, 0.5) is 0 Å². The summed E-state index contributed by atoms with van der Waals surface area (Å²) in [7, 11) is 1.46. The molecule has 130 valence electrons. The van der Waals surface area contributed by atoms with Crippen molar-refractivity contribution < 1.29 is 19.0 Å². The van der Waals surface area contributed by atoms with E-state index >= 15 is 0 Å². The predicted molar refractivity (Wildman–Crippen MR) is 89.4 cm³/mol. The molecular formula is C19H25NO4. The lowest BCUT2D eigenvalue weighted by Crippen LogP contribution is -2.53. The van der Waals surface area contributed by atoms with Crippen LogP contribution in [0, 0.1) is 17.8 Å². The molecule has 0 radical (unpaired) electrons. The van der Waals surface area contributed by atoms with E-state index in [2.05, 4.69) is 17.4 Å². The number of hydrogen-bond donors (Lipinski definition) is 1. The van der Waals surface area contributed by atoms with E-state index in [0.717, 1.165) is 30.2 Å². The van der Waals surface area contributed by atoms with Crippen molar-refractivity contribution in [1.82, 2.24) is 5.32 Å². The van der Waals surface area contributed by atoms with Crippen molar-refractivity contribution in [3.63, 3.8) is 0 Å². The molecule has 0 spiro atoms. The Hall–Kier alpha value is -1.75. The number of carbonyl (C=O) groups excluding carboxylic acids is 1. The average Bonchev–Trinajstić information content (AvgIpc) is 3.37. The van der Waals surface area contributed by atoms with E-state index in [1.807, 2.05) is 13.0 Å². The molecule has 2 aliphatic heterocycles. The molecule has 24 heavy (non-hydrogen) atoms. The quantitative estimate of drug-likeness (QED) is 0.840. The van der Waals surface area contributed by atoms with Crippen molar-refractivity contribution in [2.45, 2.75) is 31.8 Å². The third-order valence-corrected chi connectivity index (χ3v) is 5.61. The second kappa shape index (κ2) is 6.28. The smallest absolute Gasteiger partial charge is 0.309 e. The first-order valence-corrected chi connectivity index (χ1v) is 8.89. The molecular weight excluding hydrogens is 306 g/mol. The Morgan fingerprint density at radius 3 is 2.71 bits per heavy atom. The van der Waals surface area contributed by atoms with Crippen molar-refractivity contribution >= 4 is 5.97 Å². The zero-order valence-corrected chi connectivity index (χ0v) is 14.3. The highest BCUT2D eigenvalue weighted by molar-refractivity contribution is 5.73. The Morgan fingerprint density at radius 1 is 1.29 bits per heavy atom. The molecule has 1 unspecified atom stereocenters. The minimum absolute atomic E-state index is 0.117. The van der Waals surface area contributed by atoms with Gasteiger partial charge < -0.3 is 19.5 Å². The first-order chi connectivity index (χ1) is 11.7. The second-order valence-electron chi connectivity index (χ2n) is 7.27. The number of benzene rings is 1. The van der Waals surface area contributed by atoms with Crippen LogP contribution in [0.2, 0.25) is 0 Å². The van der Waals surface area contributed by atoms with Crippen LogP contribution in [0.5, 0.6) is 11.5 Å². The number of nitrogens with one attached hydrogen (secondary N) is 1. The summed E-state index contributed by atoms with van der Waals surface area (Å²) in [6.45, 7) is 4.57. The van der Waals surface area contributed by atoms with Crippen LogP contribution in [-0.4, -0.2) is 38.9 Å². The molecule has 1 aromatic carbocycles. The van der Waals surface area contributed by atoms with E-state index in [0.29, 0.717) is 18.4 Å². The van der Waals surface area contributed by atoms with Gasteiger partial charge in [0, 0.05) is 19.0 Å². The Bertz CT molecular complexity index is 624. The van der Waals surface area contributed by atoms with Gasteiger partial charge in [-0.2, -0.15) is 0 Å². The van der Waals surface area contributed by atoms with Gasteiger partial charge in [-0.25, -0.2) is 0 Å². The molecule has 0 amide bonds. The van der Waals surface area contributed by atoms with Gasteiger partial charge in [0.05, 0.1) is 13.0 Å². The van der Waals surface area contributed by atoms with E-state index in [-0.39, 0.29) is 23.9 Å². The zero-order chi connectivity index (χ0) is 16.7. The molecule has 0 aromatic heterocycles. The summed E-state index contributed by atoms with van der Waals surface area (Å²) >= 11 is 0. The minimum atomic E-state index is -0.142. The first-order valence-electron chi connectivity index (χ1n) is 8.89. The molecule has 2 fully saturated rings. The maximum Gasteiger partial charge on any atom is 0.309 e. The third-order valence-electron chi connectivity index (χ3n) is 5.61. The van der Waals surface area contributed by atoms with Gasteiger partial charge in [0.2, 0.25) is 0 Å². The highest BCUT2D eigenvalue weighted by Crippen LogP contribution is 2.48. The standard InChI is InChI=1S/C19H25NO4/c1-11(19(21)22-2)18(12-3-4-12)13-5-6-15-16(7-13)24-17(10-23-15)14-8-20-9-14/h5-7,11-12,14,17-18,20H,3-4,8-10H2,1-2H3/t11-,17?,18-/m0/s1. The third kappa shape index (κ3) is 2.86. The number of fused-ring (bicyclic) bond motifs is 1. The number of rotatable bonds is 5. The second-order valence-corrected chi connectivity index (χ2v) is 7.27. The molecule has 5 nitrogen and oxygen atoms in total. The lowest BCUT2D eigenvalue weighted by molar-refractivity contribution is -0.145. The van der Waals surface area contributed by atoms with E-state index in [9.17, 15) is 4.79 Å². The van der Waals surface area contributed by atoms with Crippen LogP contribution in [0.3, 0.4) is 0 Å². The highest BCUT2D eigenvalue weighted by atomic mass is 16.6. The lowest BCUT2D eigenvalue weighted by atomic mass is 9.83. The van der Waals surface area contributed by atoms with Gasteiger partial charge in [-0.3, -0.25) is 4.79 Å². The van der Waals surface area contributed by atoms with Gasteiger partial charge in [-0.05, 0) is 42.4 Å². The molecule has 1 aromatic rings. The van der Waals surface area contributed by atoms with Gasteiger partial charge in [0.25, 0.3) is 0 Å². The first kappa shape index (κ1) is 15.8. The van der Waals surface area contributed by atoms with Gasteiger partial charge in [0.1, 0.15) is 12.7 Å². The number of hydrogen-bond acceptors (Lipinski definition) is 5. The lowest BCUT2D eigenvalue weighted by Gasteiger charge is -2.37. The Labute approximate surface area is 142 Å². The van der Waals surface area contributed by atoms with E-state index < -0.39 is 0 Å². The highest BCUT2D eigenvalue weighted by Gasteiger charge is 2.40. The van der Waals surface area contributed by atoms with Crippen LogP contribution in [0.15, 0.2) is 18.2 Å². The minimum Gasteiger partial charge on any atom is -0.486 e. The summed E-state index contributed by atoms with van der Waals surface area (Å²) in [6.07, 6.45) is 2.47. The Morgan fingerprint density at radius 2 is 2.08 bits per heavy atom. The normalized spacial score (nSPS) is 25.5. The fourth-order valence-electron chi connectivity index (χ4n) is 3.88. The Balaban J connectivity index is 1.58. The number of carbonyl (C=O) groups is 1. The maximum absolute atomic E-state index is 12.1. The summed E-state index contributed by atoms with van der Waals surface area (Å²) in [6, 6.07) is 6.14. The van der Waals surface area contributed by atoms with E-state index in [1.165, 1.54) is 20.0 Å².